The first-order chi connectivity index (χ1) is 14.5. The predicted molar refractivity (Wildman–Crippen MR) is 128 cm³/mol. The SMILES string of the molecule is C=C1CC[C@H](O)C/C1=C\C=C1/CCC[C@]2(C)[C@H]1CC(O)(O)[C@@H]2[C@H](C)/C=C/[C@H](C)C(C)C. The quantitative estimate of drug-likeness (QED) is 0.375. The third-order valence-electron chi connectivity index (χ3n) is 8.62. The van der Waals surface area contributed by atoms with Gasteiger partial charge in [0.05, 0.1) is 6.10 Å². The summed E-state index contributed by atoms with van der Waals surface area (Å²) in [6.45, 7) is 15.3. The van der Waals surface area contributed by atoms with E-state index >= 15 is 0 Å². The molecule has 3 rings (SSSR count). The number of hydrogen-bond donors (Lipinski definition) is 3. The second-order valence-electron chi connectivity index (χ2n) is 11.3. The molecular formula is C28H44O3. The van der Waals surface area contributed by atoms with Gasteiger partial charge in [-0.2, -0.15) is 0 Å². The normalized spacial score (nSPS) is 38.2. The Kier molecular flexibility index (Phi) is 7.40. The van der Waals surface area contributed by atoms with E-state index in [0.717, 1.165) is 43.3 Å². The molecule has 0 unspecified atom stereocenters. The van der Waals surface area contributed by atoms with E-state index in [9.17, 15) is 15.3 Å². The fourth-order valence-electron chi connectivity index (χ4n) is 6.44. The van der Waals surface area contributed by atoms with E-state index in [1.165, 1.54) is 5.57 Å². The van der Waals surface area contributed by atoms with Gasteiger partial charge in [-0.15, -0.1) is 0 Å². The van der Waals surface area contributed by atoms with Crippen LogP contribution >= 0.6 is 0 Å². The minimum Gasteiger partial charge on any atom is -0.393 e. The molecule has 0 bridgehead atoms. The first-order valence-electron chi connectivity index (χ1n) is 12.3. The minimum absolute atomic E-state index is 0.108. The van der Waals surface area contributed by atoms with E-state index in [-0.39, 0.29) is 29.3 Å². The van der Waals surface area contributed by atoms with Crippen molar-refractivity contribution in [3.05, 3.63) is 47.6 Å². The lowest BCUT2D eigenvalue weighted by atomic mass is 9.60. The Bertz CT molecular complexity index is 756. The highest BCUT2D eigenvalue weighted by Crippen LogP contribution is 2.62. The molecule has 3 saturated carbocycles. The van der Waals surface area contributed by atoms with Gasteiger partial charge in [0.25, 0.3) is 0 Å². The summed E-state index contributed by atoms with van der Waals surface area (Å²) in [6.07, 6.45) is 14.4. The third-order valence-corrected chi connectivity index (χ3v) is 8.62. The molecule has 6 atom stereocenters. The van der Waals surface area contributed by atoms with Crippen LogP contribution in [0.3, 0.4) is 0 Å². The maximum absolute atomic E-state index is 11.1. The Labute approximate surface area is 189 Å². The minimum atomic E-state index is -1.65. The Morgan fingerprint density at radius 3 is 2.45 bits per heavy atom. The van der Waals surface area contributed by atoms with Crippen LogP contribution < -0.4 is 0 Å². The van der Waals surface area contributed by atoms with Crippen LogP contribution in [0.1, 0.15) is 79.6 Å². The largest absolute Gasteiger partial charge is 0.393 e. The molecule has 3 aliphatic carbocycles. The van der Waals surface area contributed by atoms with Crippen LogP contribution in [0.5, 0.6) is 0 Å². The molecule has 0 aromatic carbocycles. The Morgan fingerprint density at radius 2 is 1.77 bits per heavy atom. The number of hydrogen-bond acceptors (Lipinski definition) is 3. The molecule has 0 radical (unpaired) electrons. The van der Waals surface area contributed by atoms with Gasteiger partial charge in [-0.05, 0) is 73.2 Å². The summed E-state index contributed by atoms with van der Waals surface area (Å²) in [5.74, 6) is -0.481. The number of fused-ring (bicyclic) bond motifs is 1. The summed E-state index contributed by atoms with van der Waals surface area (Å²) in [4.78, 5) is 0. The van der Waals surface area contributed by atoms with Crippen molar-refractivity contribution >= 4 is 0 Å². The lowest BCUT2D eigenvalue weighted by Crippen LogP contribution is -2.43. The van der Waals surface area contributed by atoms with E-state index < -0.39 is 5.79 Å². The maximum Gasteiger partial charge on any atom is 0.167 e. The van der Waals surface area contributed by atoms with Crippen LogP contribution in [0.2, 0.25) is 0 Å². The zero-order chi connectivity index (χ0) is 23.0. The highest BCUT2D eigenvalue weighted by Gasteiger charge is 2.61. The molecule has 0 amide bonds. The maximum atomic E-state index is 11.1. The standard InChI is InChI=1S/C28H44O3/c1-18(2)19(3)9-10-21(5)26-27(6)15-7-8-22(25(27)17-28(26,30)31)12-13-23-16-24(29)14-11-20(23)4/h9-10,12-13,18-19,21,24-26,29-31H,4,7-8,11,14-17H2,1-3,5-6H3/b10-9+,22-12+,23-13+/t19-,21+,24-,25-,26+,27+/m0/s1. The van der Waals surface area contributed by atoms with Gasteiger partial charge in [0.1, 0.15) is 0 Å². The van der Waals surface area contributed by atoms with Gasteiger partial charge in [-0.1, -0.05) is 76.6 Å². The molecule has 3 nitrogen and oxygen atoms in total. The van der Waals surface area contributed by atoms with Crippen molar-refractivity contribution in [2.45, 2.75) is 91.5 Å². The summed E-state index contributed by atoms with van der Waals surface area (Å²) in [5, 5.41) is 32.3. The van der Waals surface area contributed by atoms with Crippen LogP contribution in [0.4, 0.5) is 0 Å². The number of aliphatic hydroxyl groups excluding tert-OH is 1. The summed E-state index contributed by atoms with van der Waals surface area (Å²) < 4.78 is 0. The Balaban J connectivity index is 1.86. The Hall–Kier alpha value is -1.16. The van der Waals surface area contributed by atoms with Crippen LogP contribution in [-0.2, 0) is 0 Å². The van der Waals surface area contributed by atoms with Crippen molar-refractivity contribution in [1.29, 1.82) is 0 Å². The van der Waals surface area contributed by atoms with Crippen LogP contribution in [0, 0.1) is 35.0 Å². The monoisotopic (exact) mass is 428 g/mol. The fourth-order valence-corrected chi connectivity index (χ4v) is 6.44. The van der Waals surface area contributed by atoms with Gasteiger partial charge in [-0.3, -0.25) is 0 Å². The molecule has 0 aromatic heterocycles. The summed E-state index contributed by atoms with van der Waals surface area (Å²) in [7, 11) is 0. The van der Waals surface area contributed by atoms with E-state index in [4.69, 9.17) is 0 Å². The molecule has 0 aliphatic heterocycles. The van der Waals surface area contributed by atoms with E-state index in [1.807, 2.05) is 0 Å². The van der Waals surface area contributed by atoms with E-state index in [2.05, 4.69) is 65.5 Å². The third kappa shape index (κ3) is 5.10. The molecule has 0 aromatic rings. The van der Waals surface area contributed by atoms with Gasteiger partial charge in [0.2, 0.25) is 0 Å². The van der Waals surface area contributed by atoms with Gasteiger partial charge in [0, 0.05) is 12.3 Å². The predicted octanol–water partition coefficient (Wildman–Crippen LogP) is 5.93. The van der Waals surface area contributed by atoms with Crippen molar-refractivity contribution in [3.63, 3.8) is 0 Å². The summed E-state index contributed by atoms with van der Waals surface area (Å²) >= 11 is 0. The average Bonchev–Trinajstić information content (AvgIpc) is 2.91. The lowest BCUT2D eigenvalue weighted by Gasteiger charge is -2.44. The zero-order valence-electron chi connectivity index (χ0n) is 20.3. The zero-order valence-corrected chi connectivity index (χ0v) is 20.3. The molecule has 3 N–H and O–H groups in total. The molecule has 0 spiro atoms. The molecule has 3 fully saturated rings. The number of aliphatic hydroxyl groups is 3. The highest BCUT2D eigenvalue weighted by molar-refractivity contribution is 5.36. The highest BCUT2D eigenvalue weighted by atomic mass is 16.5. The summed E-state index contributed by atoms with van der Waals surface area (Å²) in [6, 6.07) is 0. The van der Waals surface area contributed by atoms with Gasteiger partial charge in [0.15, 0.2) is 5.79 Å². The molecule has 174 valence electrons. The smallest absolute Gasteiger partial charge is 0.167 e. The first-order valence-corrected chi connectivity index (χ1v) is 12.3. The number of allylic oxidation sites excluding steroid dienone is 6. The molecule has 3 aliphatic rings. The first kappa shape index (κ1) is 24.5. The van der Waals surface area contributed by atoms with Crippen molar-refractivity contribution in [3.8, 4) is 0 Å². The average molecular weight is 429 g/mol. The van der Waals surface area contributed by atoms with Crippen molar-refractivity contribution < 1.29 is 15.3 Å². The second-order valence-corrected chi connectivity index (χ2v) is 11.3. The van der Waals surface area contributed by atoms with Crippen LogP contribution in [0.15, 0.2) is 47.6 Å². The lowest BCUT2D eigenvalue weighted by molar-refractivity contribution is -0.205. The summed E-state index contributed by atoms with van der Waals surface area (Å²) in [5.41, 5.74) is 3.48. The topological polar surface area (TPSA) is 60.7 Å². The van der Waals surface area contributed by atoms with Gasteiger partial charge < -0.3 is 15.3 Å². The molecular weight excluding hydrogens is 384 g/mol. The molecule has 0 saturated heterocycles. The van der Waals surface area contributed by atoms with Crippen LogP contribution in [-0.4, -0.2) is 27.2 Å². The van der Waals surface area contributed by atoms with Gasteiger partial charge in [-0.25, -0.2) is 0 Å². The second kappa shape index (κ2) is 9.37. The number of rotatable bonds is 5. The molecule has 31 heavy (non-hydrogen) atoms. The Morgan fingerprint density at radius 1 is 1.06 bits per heavy atom. The van der Waals surface area contributed by atoms with E-state index in [0.29, 0.717) is 24.7 Å². The van der Waals surface area contributed by atoms with E-state index in [1.54, 1.807) is 0 Å². The van der Waals surface area contributed by atoms with Crippen LogP contribution in [0.25, 0.3) is 0 Å². The molecule has 3 heteroatoms. The van der Waals surface area contributed by atoms with Gasteiger partial charge >= 0.3 is 0 Å². The fraction of sp³-hybridized carbons (Fsp3) is 0.714. The van der Waals surface area contributed by atoms with Crippen molar-refractivity contribution in [2.75, 3.05) is 0 Å². The van der Waals surface area contributed by atoms with Crippen molar-refractivity contribution in [2.24, 2.45) is 35.0 Å². The molecule has 0 heterocycles. The van der Waals surface area contributed by atoms with Crippen molar-refractivity contribution in [1.82, 2.24) is 0 Å².